The van der Waals surface area contributed by atoms with Crippen molar-refractivity contribution in [3.63, 3.8) is 0 Å². The van der Waals surface area contributed by atoms with E-state index in [9.17, 15) is 15.3 Å². The Kier molecular flexibility index (Phi) is 3.33. The van der Waals surface area contributed by atoms with Crippen molar-refractivity contribution in [2.24, 2.45) is 5.92 Å². The summed E-state index contributed by atoms with van der Waals surface area (Å²) >= 11 is 4.15. The molecule has 0 saturated carbocycles. The van der Waals surface area contributed by atoms with Crippen molar-refractivity contribution >= 4 is 18.5 Å². The van der Waals surface area contributed by atoms with Gasteiger partial charge < -0.3 is 5.32 Å². The summed E-state index contributed by atoms with van der Waals surface area (Å²) in [6.07, 6.45) is 0. The normalized spacial score (nSPS) is 26.3. The van der Waals surface area contributed by atoms with Crippen molar-refractivity contribution in [2.45, 2.75) is 12.3 Å². The third kappa shape index (κ3) is 1.89. The van der Waals surface area contributed by atoms with Crippen molar-refractivity contribution in [1.82, 2.24) is 5.32 Å². The fourth-order valence-corrected chi connectivity index (χ4v) is 2.75. The molecular formula is C14H11N3OS. The minimum absolute atomic E-state index is 0.213. The highest BCUT2D eigenvalue weighted by Gasteiger charge is 2.48. The highest BCUT2D eigenvalue weighted by molar-refractivity contribution is 7.84. The molecule has 1 aliphatic heterocycles. The van der Waals surface area contributed by atoms with Gasteiger partial charge in [0.2, 0.25) is 5.91 Å². The lowest BCUT2D eigenvalue weighted by molar-refractivity contribution is -0.124. The van der Waals surface area contributed by atoms with Gasteiger partial charge in [-0.3, -0.25) is 4.79 Å². The van der Waals surface area contributed by atoms with Gasteiger partial charge in [-0.1, -0.05) is 30.3 Å². The number of hydrogen-bond donors (Lipinski definition) is 2. The number of nitrogens with one attached hydrogen (secondary N) is 1. The van der Waals surface area contributed by atoms with Gasteiger partial charge in [0.25, 0.3) is 0 Å². The summed E-state index contributed by atoms with van der Waals surface area (Å²) in [6.45, 7) is 1.73. The Bertz CT molecular complexity index is 639. The molecule has 1 aliphatic rings. The molecule has 19 heavy (non-hydrogen) atoms. The molecule has 1 aromatic carbocycles. The van der Waals surface area contributed by atoms with Crippen LogP contribution in [-0.4, -0.2) is 5.91 Å². The maximum Gasteiger partial charge on any atom is 0.243 e. The SMILES string of the molecule is C[C@]1(c2ccccc2)C(C#N)=C(S)NC(=O)[C@H]1C#N. The molecule has 2 rings (SSSR count). The van der Waals surface area contributed by atoms with Crippen LogP contribution < -0.4 is 5.32 Å². The van der Waals surface area contributed by atoms with Crippen LogP contribution >= 0.6 is 12.6 Å². The molecule has 2 atom stereocenters. The van der Waals surface area contributed by atoms with Crippen molar-refractivity contribution in [2.75, 3.05) is 0 Å². The zero-order valence-electron chi connectivity index (χ0n) is 10.2. The van der Waals surface area contributed by atoms with Crippen molar-refractivity contribution < 1.29 is 4.79 Å². The van der Waals surface area contributed by atoms with Crippen LogP contribution in [-0.2, 0) is 10.2 Å². The quantitative estimate of drug-likeness (QED) is 0.764. The summed E-state index contributed by atoms with van der Waals surface area (Å²) in [4.78, 5) is 12.0. The summed E-state index contributed by atoms with van der Waals surface area (Å²) in [5.74, 6) is -1.39. The third-order valence-corrected chi connectivity index (χ3v) is 3.79. The van der Waals surface area contributed by atoms with Crippen molar-refractivity contribution in [1.29, 1.82) is 10.5 Å². The van der Waals surface area contributed by atoms with Crippen LogP contribution in [0.25, 0.3) is 0 Å². The van der Waals surface area contributed by atoms with Crippen LogP contribution in [0.4, 0.5) is 0 Å². The fourth-order valence-electron chi connectivity index (χ4n) is 2.36. The Labute approximate surface area is 116 Å². The first-order valence-corrected chi connectivity index (χ1v) is 6.10. The van der Waals surface area contributed by atoms with E-state index in [2.05, 4.69) is 24.0 Å². The van der Waals surface area contributed by atoms with E-state index >= 15 is 0 Å². The van der Waals surface area contributed by atoms with Gasteiger partial charge in [-0.2, -0.15) is 10.5 Å². The van der Waals surface area contributed by atoms with Gasteiger partial charge in [0.1, 0.15) is 5.92 Å². The number of allylic oxidation sites excluding steroid dienone is 1. The Morgan fingerprint density at radius 1 is 1.32 bits per heavy atom. The second-order valence-corrected chi connectivity index (χ2v) is 4.90. The van der Waals surface area contributed by atoms with E-state index in [0.717, 1.165) is 5.56 Å². The number of nitrogens with zero attached hydrogens (tertiary/aromatic N) is 2. The van der Waals surface area contributed by atoms with Gasteiger partial charge in [0.15, 0.2) is 0 Å². The van der Waals surface area contributed by atoms with E-state index in [1.54, 1.807) is 19.1 Å². The number of hydrogen-bond acceptors (Lipinski definition) is 4. The molecule has 1 N–H and O–H groups in total. The van der Waals surface area contributed by atoms with Crippen LogP contribution in [0.2, 0.25) is 0 Å². The maximum atomic E-state index is 12.0. The van der Waals surface area contributed by atoms with Gasteiger partial charge in [0, 0.05) is 0 Å². The average Bonchev–Trinajstić information content (AvgIpc) is 2.40. The number of rotatable bonds is 1. The van der Waals surface area contributed by atoms with E-state index in [1.807, 2.05) is 24.3 Å². The number of thiol groups is 1. The molecule has 0 aliphatic carbocycles. The lowest BCUT2D eigenvalue weighted by Crippen LogP contribution is -2.48. The van der Waals surface area contributed by atoms with Crippen LogP contribution in [0.3, 0.4) is 0 Å². The van der Waals surface area contributed by atoms with Gasteiger partial charge in [0.05, 0.1) is 28.2 Å². The second-order valence-electron chi connectivity index (χ2n) is 4.46. The zero-order chi connectivity index (χ0) is 14.0. The average molecular weight is 269 g/mol. The van der Waals surface area contributed by atoms with E-state index in [0.29, 0.717) is 5.57 Å². The second kappa shape index (κ2) is 4.79. The zero-order valence-corrected chi connectivity index (χ0v) is 11.1. The summed E-state index contributed by atoms with van der Waals surface area (Å²) < 4.78 is 0. The molecule has 0 unspecified atom stereocenters. The van der Waals surface area contributed by atoms with Crippen molar-refractivity contribution in [3.05, 3.63) is 46.5 Å². The fraction of sp³-hybridized carbons (Fsp3) is 0.214. The van der Waals surface area contributed by atoms with Crippen LogP contribution in [0.15, 0.2) is 40.9 Å². The molecule has 94 valence electrons. The van der Waals surface area contributed by atoms with E-state index in [4.69, 9.17) is 0 Å². The van der Waals surface area contributed by atoms with Gasteiger partial charge in [-0.15, -0.1) is 12.6 Å². The molecule has 0 radical (unpaired) electrons. The molecular weight excluding hydrogens is 258 g/mol. The first-order chi connectivity index (χ1) is 9.05. The lowest BCUT2D eigenvalue weighted by Gasteiger charge is -2.37. The summed E-state index contributed by atoms with van der Waals surface area (Å²) in [5, 5.41) is 21.3. The van der Waals surface area contributed by atoms with Crippen LogP contribution in [0.1, 0.15) is 12.5 Å². The van der Waals surface area contributed by atoms with Gasteiger partial charge in [-0.25, -0.2) is 0 Å². The molecule has 1 heterocycles. The number of carbonyl (C=O) groups is 1. The molecule has 0 saturated heterocycles. The summed E-state index contributed by atoms with van der Waals surface area (Å²) in [6, 6.07) is 13.1. The number of nitriles is 2. The monoisotopic (exact) mass is 269 g/mol. The Morgan fingerprint density at radius 2 is 1.95 bits per heavy atom. The third-order valence-electron chi connectivity index (χ3n) is 3.45. The molecule has 1 aromatic rings. The first kappa shape index (κ1) is 13.2. The van der Waals surface area contributed by atoms with Crippen LogP contribution in [0.5, 0.6) is 0 Å². The Hall–Kier alpha value is -2.24. The predicted octanol–water partition coefficient (Wildman–Crippen LogP) is 1.88. The molecule has 0 spiro atoms. The van der Waals surface area contributed by atoms with Crippen LogP contribution in [0, 0.1) is 28.6 Å². The van der Waals surface area contributed by atoms with E-state index in [1.165, 1.54) is 0 Å². The summed E-state index contributed by atoms with van der Waals surface area (Å²) in [5.41, 5.74) is 0.0668. The Morgan fingerprint density at radius 3 is 2.47 bits per heavy atom. The molecule has 5 heteroatoms. The number of carbonyl (C=O) groups excluding carboxylic acids is 1. The molecule has 1 amide bonds. The molecule has 4 nitrogen and oxygen atoms in total. The number of benzene rings is 1. The molecule has 0 fully saturated rings. The smallest absolute Gasteiger partial charge is 0.243 e. The Balaban J connectivity index is 2.74. The summed E-state index contributed by atoms with van der Waals surface area (Å²) in [7, 11) is 0. The minimum Gasteiger partial charge on any atom is -0.319 e. The molecule has 0 bridgehead atoms. The largest absolute Gasteiger partial charge is 0.319 e. The highest BCUT2D eigenvalue weighted by atomic mass is 32.1. The van der Waals surface area contributed by atoms with Gasteiger partial charge in [-0.05, 0) is 12.5 Å². The van der Waals surface area contributed by atoms with Crippen molar-refractivity contribution in [3.8, 4) is 12.1 Å². The molecule has 0 aromatic heterocycles. The number of amides is 1. The van der Waals surface area contributed by atoms with E-state index in [-0.39, 0.29) is 5.03 Å². The predicted molar refractivity (Wildman–Crippen MR) is 72.7 cm³/mol. The first-order valence-electron chi connectivity index (χ1n) is 5.65. The standard InChI is InChI=1S/C14H11N3OS/c1-14(9-5-3-2-4-6-9)10(7-15)12(18)17-13(19)11(14)8-16/h2-6,10,19H,1H3,(H,17,18)/t10-,14-/m1/s1. The minimum atomic E-state index is -0.982. The van der Waals surface area contributed by atoms with E-state index < -0.39 is 17.2 Å². The topological polar surface area (TPSA) is 76.7 Å². The van der Waals surface area contributed by atoms with Gasteiger partial charge >= 0.3 is 0 Å². The highest BCUT2D eigenvalue weighted by Crippen LogP contribution is 2.43. The lowest BCUT2D eigenvalue weighted by atomic mass is 9.66. The maximum absolute atomic E-state index is 12.0.